The maximum atomic E-state index is 13.1. The summed E-state index contributed by atoms with van der Waals surface area (Å²) < 4.78 is 47.7. The molecule has 3 aliphatic carbocycles. The molecule has 4 saturated heterocycles. The summed E-state index contributed by atoms with van der Waals surface area (Å²) in [6, 6.07) is 14.8. The fraction of sp³-hybridized carbons (Fsp3) is 0.562. The van der Waals surface area contributed by atoms with Crippen LogP contribution >= 0.6 is 0 Å². The zero-order valence-corrected chi connectivity index (χ0v) is 25.0. The van der Waals surface area contributed by atoms with Crippen LogP contribution in [0.1, 0.15) is 40.5 Å². The van der Waals surface area contributed by atoms with Crippen LogP contribution in [0.3, 0.4) is 0 Å². The minimum atomic E-state index is -1.68. The van der Waals surface area contributed by atoms with Gasteiger partial charge in [0.15, 0.2) is 18.4 Å². The van der Waals surface area contributed by atoms with Crippen LogP contribution in [0.5, 0.6) is 5.75 Å². The molecule has 6 bridgehead atoms. The van der Waals surface area contributed by atoms with E-state index >= 15 is 0 Å². The number of carbonyl (C=O) groups is 2. The first-order chi connectivity index (χ1) is 21.5. The highest BCUT2D eigenvalue weighted by molar-refractivity contribution is 5.90. The summed E-state index contributed by atoms with van der Waals surface area (Å²) in [4.78, 5) is 25.7. The van der Waals surface area contributed by atoms with Crippen LogP contribution in [0.25, 0.3) is 0 Å². The Hall–Kier alpha value is -3.14. The summed E-state index contributed by atoms with van der Waals surface area (Å²) >= 11 is 0. The van der Waals surface area contributed by atoms with Gasteiger partial charge in [-0.1, -0.05) is 18.2 Å². The van der Waals surface area contributed by atoms with Gasteiger partial charge < -0.3 is 53.2 Å². The van der Waals surface area contributed by atoms with E-state index in [0.717, 1.165) is 0 Å². The number of carbonyl (C=O) groups excluding carboxylic acids is 2. The summed E-state index contributed by atoms with van der Waals surface area (Å²) in [7, 11) is 3.09. The van der Waals surface area contributed by atoms with Crippen LogP contribution in [-0.4, -0.2) is 109 Å². The third kappa shape index (κ3) is 4.22. The minimum Gasteiger partial charge on any atom is -0.497 e. The Balaban J connectivity index is 1.13. The molecule has 9 rings (SSSR count). The number of aliphatic hydroxyl groups is 3. The minimum absolute atomic E-state index is 0.153. The number of methoxy groups -OCH3 is 2. The van der Waals surface area contributed by atoms with Gasteiger partial charge in [-0.3, -0.25) is 0 Å². The van der Waals surface area contributed by atoms with Gasteiger partial charge in [0.2, 0.25) is 0 Å². The highest BCUT2D eigenvalue weighted by Gasteiger charge is 2.95. The first-order valence-electron chi connectivity index (χ1n) is 14.8. The highest BCUT2D eigenvalue weighted by atomic mass is 16.8. The van der Waals surface area contributed by atoms with E-state index in [0.29, 0.717) is 23.3 Å². The molecule has 2 aromatic rings. The van der Waals surface area contributed by atoms with Gasteiger partial charge in [-0.05, 0) is 49.7 Å². The normalized spacial score (nSPS) is 42.2. The molecule has 7 aliphatic rings. The molecule has 242 valence electrons. The van der Waals surface area contributed by atoms with Crippen molar-refractivity contribution in [2.24, 2.45) is 11.3 Å². The molecule has 3 N–H and O–H groups in total. The monoisotopic (exact) mass is 628 g/mol. The molecule has 0 spiro atoms. The van der Waals surface area contributed by atoms with Crippen molar-refractivity contribution in [3.63, 3.8) is 0 Å². The lowest BCUT2D eigenvalue weighted by atomic mass is 9.41. The lowest BCUT2D eigenvalue weighted by molar-refractivity contribution is -0.427. The van der Waals surface area contributed by atoms with Gasteiger partial charge in [-0.15, -0.1) is 0 Å². The maximum Gasteiger partial charge on any atom is 0.338 e. The highest BCUT2D eigenvalue weighted by Crippen LogP contribution is 2.82. The zero-order valence-electron chi connectivity index (χ0n) is 25.0. The smallest absolute Gasteiger partial charge is 0.338 e. The van der Waals surface area contributed by atoms with Crippen LogP contribution in [0.15, 0.2) is 54.6 Å². The van der Waals surface area contributed by atoms with Gasteiger partial charge in [0.05, 0.1) is 23.7 Å². The van der Waals surface area contributed by atoms with Crippen molar-refractivity contribution in [2.75, 3.05) is 27.4 Å². The standard InChI is InChI=1S/C32H36O13/c1-29-15-31(39-3)21-13-32(29,30(21,28(44-29)45-31)16-41-26(37)18-9-11-19(38-2)12-10-18)43-27-24(35)23(34)22(33)20(42-27)14-40-25(36)17-7-5-4-6-8-17/h4-12,20-24,27-28,33-35H,13-16H2,1-3H3/t20-,21+,22-,23+,24-,27+,28?,29+,30+,31-,32-/m1/s1. The first-order valence-corrected chi connectivity index (χ1v) is 14.8. The van der Waals surface area contributed by atoms with E-state index in [4.69, 9.17) is 37.9 Å². The molecule has 3 saturated carbocycles. The van der Waals surface area contributed by atoms with E-state index < -0.39 is 77.9 Å². The molecule has 2 aromatic carbocycles. The fourth-order valence-electron chi connectivity index (χ4n) is 8.06. The average Bonchev–Trinajstić information content (AvgIpc) is 3.27. The Morgan fingerprint density at radius 1 is 0.889 bits per heavy atom. The largest absolute Gasteiger partial charge is 0.497 e. The van der Waals surface area contributed by atoms with Crippen molar-refractivity contribution in [3.8, 4) is 5.75 Å². The third-order valence-corrected chi connectivity index (χ3v) is 10.4. The van der Waals surface area contributed by atoms with Crippen LogP contribution in [-0.2, 0) is 33.2 Å². The van der Waals surface area contributed by atoms with Crippen LogP contribution < -0.4 is 4.74 Å². The lowest BCUT2D eigenvalue weighted by Crippen LogP contribution is -2.81. The van der Waals surface area contributed by atoms with Gasteiger partial charge in [-0.25, -0.2) is 9.59 Å². The number of benzene rings is 2. The molecule has 13 heteroatoms. The van der Waals surface area contributed by atoms with Crippen molar-refractivity contribution in [2.45, 2.75) is 73.8 Å². The van der Waals surface area contributed by atoms with Crippen LogP contribution in [0.2, 0.25) is 0 Å². The number of rotatable bonds is 10. The molecule has 7 fully saturated rings. The van der Waals surface area contributed by atoms with Crippen molar-refractivity contribution in [1.29, 1.82) is 0 Å². The maximum absolute atomic E-state index is 13.1. The van der Waals surface area contributed by atoms with Gasteiger partial charge in [-0.2, -0.15) is 0 Å². The second-order valence-corrected chi connectivity index (χ2v) is 12.5. The second kappa shape index (κ2) is 10.7. The molecule has 1 unspecified atom stereocenters. The SMILES string of the molecule is COc1ccc(C(=O)OC[C@]23C4O[C@]5(OC)C[C@](C)(O4)[C@]2(O[C@@H]2O[C@H](COC(=O)c4ccccc4)[C@@H](O)[C@H](O)[C@H]2O)C[C@H]53)cc1. The van der Waals surface area contributed by atoms with E-state index in [1.807, 2.05) is 6.92 Å². The summed E-state index contributed by atoms with van der Waals surface area (Å²) in [6.07, 6.45) is -7.81. The Labute approximate surface area is 258 Å². The third-order valence-electron chi connectivity index (χ3n) is 10.4. The van der Waals surface area contributed by atoms with Gasteiger partial charge >= 0.3 is 11.9 Å². The first kappa shape index (κ1) is 30.5. The van der Waals surface area contributed by atoms with Crippen LogP contribution in [0.4, 0.5) is 0 Å². The van der Waals surface area contributed by atoms with E-state index in [1.165, 1.54) is 7.11 Å². The van der Waals surface area contributed by atoms with Crippen molar-refractivity contribution in [3.05, 3.63) is 65.7 Å². The quantitative estimate of drug-likeness (QED) is 0.321. The summed E-state index contributed by atoms with van der Waals surface area (Å²) in [6.45, 7) is 1.28. The van der Waals surface area contributed by atoms with Crippen LogP contribution in [0, 0.1) is 11.3 Å². The van der Waals surface area contributed by atoms with Gasteiger partial charge in [0.25, 0.3) is 0 Å². The summed E-state index contributed by atoms with van der Waals surface area (Å²) in [5, 5.41) is 32.5. The summed E-state index contributed by atoms with van der Waals surface area (Å²) in [5.41, 5.74) is -2.65. The van der Waals surface area contributed by atoms with Crippen molar-refractivity contribution < 1.29 is 62.8 Å². The number of ether oxygens (including phenoxy) is 8. The number of hydrogen-bond donors (Lipinski definition) is 3. The number of aliphatic hydroxyl groups excluding tert-OH is 3. The predicted molar refractivity (Wildman–Crippen MR) is 150 cm³/mol. The molecule has 4 aliphatic heterocycles. The number of esters is 2. The molecule has 0 amide bonds. The van der Waals surface area contributed by atoms with Gasteiger partial charge in [0.1, 0.15) is 54.6 Å². The molecule has 45 heavy (non-hydrogen) atoms. The van der Waals surface area contributed by atoms with Gasteiger partial charge in [0, 0.05) is 19.4 Å². The Morgan fingerprint density at radius 2 is 1.58 bits per heavy atom. The topological polar surface area (TPSA) is 169 Å². The molecular weight excluding hydrogens is 592 g/mol. The van der Waals surface area contributed by atoms with E-state index in [-0.39, 0.29) is 18.9 Å². The lowest BCUT2D eigenvalue weighted by Gasteiger charge is -2.68. The molecule has 11 atom stereocenters. The Morgan fingerprint density at radius 3 is 2.27 bits per heavy atom. The molecule has 13 nitrogen and oxygen atoms in total. The van der Waals surface area contributed by atoms with Crippen molar-refractivity contribution >= 4 is 11.9 Å². The van der Waals surface area contributed by atoms with E-state index in [1.54, 1.807) is 61.7 Å². The fourth-order valence-corrected chi connectivity index (χ4v) is 8.06. The molecule has 0 radical (unpaired) electrons. The second-order valence-electron chi connectivity index (χ2n) is 12.5. The van der Waals surface area contributed by atoms with E-state index in [9.17, 15) is 24.9 Å². The molecule has 0 aromatic heterocycles. The Kier molecular flexibility index (Phi) is 7.26. The van der Waals surface area contributed by atoms with Crippen molar-refractivity contribution in [1.82, 2.24) is 0 Å². The Bertz CT molecular complexity index is 1450. The average molecular weight is 629 g/mol. The summed E-state index contributed by atoms with van der Waals surface area (Å²) in [5.74, 6) is -1.91. The van der Waals surface area contributed by atoms with E-state index in [2.05, 4.69) is 0 Å². The molecular formula is C32H36O13. The zero-order chi connectivity index (χ0) is 31.8. The number of hydrogen-bond acceptors (Lipinski definition) is 13. The molecule has 4 heterocycles. The predicted octanol–water partition coefficient (Wildman–Crippen LogP) is 1.17.